The van der Waals surface area contributed by atoms with E-state index in [9.17, 15) is 18.3 Å². The number of amides is 1. The Hall–Kier alpha value is -5.01. The Morgan fingerprint density at radius 3 is 2.47 bits per heavy atom. The third-order valence-corrected chi connectivity index (χ3v) is 7.90. The fourth-order valence-corrected chi connectivity index (χ4v) is 5.43. The van der Waals surface area contributed by atoms with Crippen LogP contribution < -0.4 is 20.7 Å². The largest absolute Gasteiger partial charge is 0.465 e. The number of carbonyl (C=O) groups is 1. The van der Waals surface area contributed by atoms with Crippen LogP contribution in [0.2, 0.25) is 0 Å². The number of nitrogens with zero attached hydrogens (tertiary/aromatic N) is 5. The molecule has 5 rings (SSSR count). The molecule has 0 aliphatic rings. The number of aryl methyl sites for hydroxylation is 1. The van der Waals surface area contributed by atoms with Crippen LogP contribution in [-0.4, -0.2) is 46.2 Å². The number of carboxylic acid groups (broad SMARTS) is 1. The van der Waals surface area contributed by atoms with E-state index in [0.29, 0.717) is 23.0 Å². The van der Waals surface area contributed by atoms with Crippen molar-refractivity contribution in [2.45, 2.75) is 31.1 Å². The van der Waals surface area contributed by atoms with Gasteiger partial charge in [0.05, 0.1) is 21.6 Å². The number of rotatable bonds is 7. The third-order valence-electron chi connectivity index (χ3n) is 6.99. The van der Waals surface area contributed by atoms with Crippen LogP contribution in [0.4, 0.5) is 33.6 Å². The number of fused-ring (bicyclic) bond motifs is 1. The van der Waals surface area contributed by atoms with Gasteiger partial charge in [0.1, 0.15) is 11.6 Å². The van der Waals surface area contributed by atoms with Crippen molar-refractivity contribution in [1.29, 1.82) is 0 Å². The van der Waals surface area contributed by atoms with E-state index in [2.05, 4.69) is 41.4 Å². The van der Waals surface area contributed by atoms with Crippen molar-refractivity contribution >= 4 is 56.0 Å². The summed E-state index contributed by atoms with van der Waals surface area (Å²) in [6.07, 6.45) is 0.452. The van der Waals surface area contributed by atoms with Gasteiger partial charge in [-0.1, -0.05) is 39.0 Å². The van der Waals surface area contributed by atoms with Gasteiger partial charge in [0.2, 0.25) is 16.0 Å². The normalized spacial score (nSPS) is 11.9. The van der Waals surface area contributed by atoms with Crippen LogP contribution in [0.25, 0.3) is 22.4 Å². The number of benzene rings is 3. The van der Waals surface area contributed by atoms with E-state index in [1.54, 1.807) is 30.5 Å². The van der Waals surface area contributed by atoms with E-state index in [1.165, 1.54) is 12.1 Å². The van der Waals surface area contributed by atoms with Crippen LogP contribution in [-0.2, 0) is 22.5 Å². The topological polar surface area (TPSA) is 168 Å². The fourth-order valence-electron chi connectivity index (χ4n) is 4.87. The standard InChI is InChI=1S/C30H32N8O4S/c1-30(2,3)21-10-7-11-22(35-29(39)40)26(21)27-34-23-17-19(12-13-24(23)38(27)5)37(4)25-14-15-32-28(36-25)33-18-8-6-9-20(16-18)43(31,41)42/h6-17,35H,1-5H3,(H,39,40)(H2,31,41,42)(H,32,33,36). The van der Waals surface area contributed by atoms with Crippen molar-refractivity contribution < 1.29 is 18.3 Å². The Bertz CT molecular complexity index is 1970. The van der Waals surface area contributed by atoms with Gasteiger partial charge in [-0.3, -0.25) is 5.32 Å². The van der Waals surface area contributed by atoms with Gasteiger partial charge in [0.15, 0.2) is 0 Å². The van der Waals surface area contributed by atoms with Crippen LogP contribution in [0.3, 0.4) is 0 Å². The zero-order valence-corrected chi connectivity index (χ0v) is 25.1. The Morgan fingerprint density at radius 2 is 1.77 bits per heavy atom. The SMILES string of the molecule is CN(c1ccc2c(c1)nc(-c1c(NC(=O)O)cccc1C(C)(C)C)n2C)c1ccnc(Nc2cccc(S(N)(=O)=O)c2)n1. The average molecular weight is 601 g/mol. The van der Waals surface area contributed by atoms with Gasteiger partial charge in [-0.15, -0.1) is 0 Å². The molecule has 0 unspecified atom stereocenters. The van der Waals surface area contributed by atoms with Gasteiger partial charge in [0, 0.05) is 37.2 Å². The fraction of sp³-hybridized carbons (Fsp3) is 0.200. The highest BCUT2D eigenvalue weighted by atomic mass is 32.2. The first-order chi connectivity index (χ1) is 20.2. The molecule has 0 aliphatic carbocycles. The van der Waals surface area contributed by atoms with Gasteiger partial charge in [-0.2, -0.15) is 4.98 Å². The molecule has 5 aromatic rings. The van der Waals surface area contributed by atoms with E-state index >= 15 is 0 Å². The van der Waals surface area contributed by atoms with Crippen molar-refractivity contribution in [3.8, 4) is 11.4 Å². The molecule has 2 heterocycles. The Morgan fingerprint density at radius 1 is 1.02 bits per heavy atom. The van der Waals surface area contributed by atoms with Crippen molar-refractivity contribution in [2.75, 3.05) is 22.6 Å². The molecular weight excluding hydrogens is 568 g/mol. The van der Waals surface area contributed by atoms with Crippen molar-refractivity contribution in [2.24, 2.45) is 12.2 Å². The first-order valence-corrected chi connectivity index (χ1v) is 14.8. The minimum Gasteiger partial charge on any atom is -0.465 e. The molecule has 0 radical (unpaired) electrons. The minimum atomic E-state index is -3.86. The molecule has 3 aromatic carbocycles. The third kappa shape index (κ3) is 6.12. The highest BCUT2D eigenvalue weighted by molar-refractivity contribution is 7.89. The summed E-state index contributed by atoms with van der Waals surface area (Å²) in [6.45, 7) is 6.23. The number of hydrogen-bond acceptors (Lipinski definition) is 8. The van der Waals surface area contributed by atoms with Gasteiger partial charge >= 0.3 is 6.09 Å². The molecule has 1 amide bonds. The molecule has 0 saturated heterocycles. The Labute approximate surface area is 249 Å². The van der Waals surface area contributed by atoms with Crippen LogP contribution in [0, 0.1) is 0 Å². The minimum absolute atomic E-state index is 0.0233. The van der Waals surface area contributed by atoms with Gasteiger partial charge in [-0.05, 0) is 59.5 Å². The molecule has 0 aliphatic heterocycles. The molecule has 2 aromatic heterocycles. The molecule has 222 valence electrons. The maximum atomic E-state index is 11.7. The lowest BCUT2D eigenvalue weighted by Crippen LogP contribution is -2.17. The number of sulfonamides is 1. The first-order valence-electron chi connectivity index (χ1n) is 13.3. The molecule has 0 saturated carbocycles. The smallest absolute Gasteiger partial charge is 0.409 e. The summed E-state index contributed by atoms with van der Waals surface area (Å²) in [7, 11) is -0.0848. The number of imidazole rings is 1. The Balaban J connectivity index is 1.51. The number of hydrogen-bond donors (Lipinski definition) is 4. The van der Waals surface area contributed by atoms with E-state index in [1.807, 2.05) is 53.9 Å². The number of nitrogens with two attached hydrogens (primary N) is 1. The van der Waals surface area contributed by atoms with Crippen molar-refractivity contribution in [3.63, 3.8) is 0 Å². The van der Waals surface area contributed by atoms with Crippen LogP contribution in [0.5, 0.6) is 0 Å². The molecule has 12 nitrogen and oxygen atoms in total. The molecule has 13 heteroatoms. The summed E-state index contributed by atoms with van der Waals surface area (Å²) >= 11 is 0. The zero-order valence-electron chi connectivity index (χ0n) is 24.3. The van der Waals surface area contributed by atoms with Crippen LogP contribution >= 0.6 is 0 Å². The molecule has 0 bridgehead atoms. The van der Waals surface area contributed by atoms with E-state index in [-0.39, 0.29) is 16.3 Å². The number of aromatic nitrogens is 4. The lowest BCUT2D eigenvalue weighted by atomic mass is 9.83. The maximum Gasteiger partial charge on any atom is 0.409 e. The molecule has 0 atom stereocenters. The molecular formula is C30H32N8O4S. The zero-order chi connectivity index (χ0) is 31.1. The second-order valence-corrected chi connectivity index (χ2v) is 12.6. The monoisotopic (exact) mass is 600 g/mol. The van der Waals surface area contributed by atoms with Gasteiger partial charge in [-0.25, -0.2) is 28.3 Å². The summed E-state index contributed by atoms with van der Waals surface area (Å²) in [5.41, 5.74) is 4.76. The second kappa shape index (κ2) is 11.0. The summed E-state index contributed by atoms with van der Waals surface area (Å²) < 4.78 is 25.4. The van der Waals surface area contributed by atoms with Crippen molar-refractivity contribution in [1.82, 2.24) is 19.5 Å². The molecule has 0 spiro atoms. The summed E-state index contributed by atoms with van der Waals surface area (Å²) in [5, 5.41) is 20.3. The van der Waals surface area contributed by atoms with E-state index in [4.69, 9.17) is 10.1 Å². The summed E-state index contributed by atoms with van der Waals surface area (Å²) in [6, 6.07) is 19.3. The number of anilines is 5. The molecule has 0 fully saturated rings. The van der Waals surface area contributed by atoms with E-state index < -0.39 is 16.1 Å². The molecule has 43 heavy (non-hydrogen) atoms. The van der Waals surface area contributed by atoms with Crippen molar-refractivity contribution in [3.05, 3.63) is 78.5 Å². The summed E-state index contributed by atoms with van der Waals surface area (Å²) in [5.74, 6) is 1.50. The highest BCUT2D eigenvalue weighted by Gasteiger charge is 2.25. The van der Waals surface area contributed by atoms with Crippen LogP contribution in [0.1, 0.15) is 26.3 Å². The average Bonchev–Trinajstić information content (AvgIpc) is 3.26. The quantitative estimate of drug-likeness (QED) is 0.186. The lowest BCUT2D eigenvalue weighted by molar-refractivity contribution is 0.209. The number of nitrogens with one attached hydrogen (secondary N) is 2. The number of primary sulfonamides is 1. The molecule has 5 N–H and O–H groups in total. The van der Waals surface area contributed by atoms with Gasteiger partial charge in [0.25, 0.3) is 0 Å². The highest BCUT2D eigenvalue weighted by Crippen LogP contribution is 2.39. The van der Waals surface area contributed by atoms with Gasteiger partial charge < -0.3 is 19.9 Å². The Kier molecular flexibility index (Phi) is 7.54. The van der Waals surface area contributed by atoms with E-state index in [0.717, 1.165) is 27.8 Å². The second-order valence-electron chi connectivity index (χ2n) is 11.1. The first kappa shape index (κ1) is 29.5. The predicted molar refractivity (Wildman–Crippen MR) is 168 cm³/mol. The predicted octanol–water partition coefficient (Wildman–Crippen LogP) is 5.58. The lowest BCUT2D eigenvalue weighted by Gasteiger charge is -2.24. The van der Waals surface area contributed by atoms with Crippen LogP contribution in [0.15, 0.2) is 77.8 Å². The maximum absolute atomic E-state index is 11.7. The summed E-state index contributed by atoms with van der Waals surface area (Å²) in [4.78, 5) is 27.3.